The fourth-order valence-corrected chi connectivity index (χ4v) is 10.2. The van der Waals surface area contributed by atoms with E-state index >= 15 is 0 Å². The van der Waals surface area contributed by atoms with Gasteiger partial charge in [0.25, 0.3) is 0 Å². The van der Waals surface area contributed by atoms with E-state index in [1.807, 2.05) is 6.08 Å². The molecule has 15 atom stereocenters. The Labute approximate surface area is 452 Å². The van der Waals surface area contributed by atoms with Crippen molar-refractivity contribution in [2.75, 3.05) is 19.8 Å². The lowest BCUT2D eigenvalue weighted by atomic mass is 9.96. The molecule has 15 unspecified atom stereocenters. The Morgan fingerprint density at radius 1 is 0.480 bits per heavy atom. The van der Waals surface area contributed by atoms with Gasteiger partial charge in [-0.1, -0.05) is 212 Å². The molecular formula is C58H111NO16. The Hall–Kier alpha value is -1.39. The molecule has 0 saturated carbocycles. The van der Waals surface area contributed by atoms with Crippen LogP contribution in [0.5, 0.6) is 0 Å². The van der Waals surface area contributed by atoms with Crippen LogP contribution in [0.2, 0.25) is 0 Å². The number of ether oxygens (including phenoxy) is 4. The molecule has 444 valence electrons. The van der Waals surface area contributed by atoms with E-state index in [-0.39, 0.29) is 12.8 Å². The van der Waals surface area contributed by atoms with Crippen LogP contribution >= 0.6 is 0 Å². The highest BCUT2D eigenvalue weighted by Crippen LogP contribution is 2.30. The lowest BCUT2D eigenvalue weighted by Crippen LogP contribution is -2.65. The molecule has 2 saturated heterocycles. The van der Waals surface area contributed by atoms with Gasteiger partial charge in [0, 0.05) is 6.42 Å². The molecule has 17 heteroatoms. The molecule has 0 bridgehead atoms. The maximum absolute atomic E-state index is 13.4. The molecule has 12 N–H and O–H groups in total. The molecule has 0 aliphatic carbocycles. The van der Waals surface area contributed by atoms with E-state index in [0.29, 0.717) is 12.8 Å². The zero-order valence-corrected chi connectivity index (χ0v) is 46.6. The maximum atomic E-state index is 13.4. The molecule has 2 aliphatic heterocycles. The lowest BCUT2D eigenvalue weighted by molar-refractivity contribution is -0.359. The van der Waals surface area contributed by atoms with Gasteiger partial charge < -0.3 is 80.4 Å². The number of hydrogen-bond donors (Lipinski definition) is 12. The summed E-state index contributed by atoms with van der Waals surface area (Å²) in [4.78, 5) is 13.4. The molecule has 0 aromatic rings. The number of hydrogen-bond acceptors (Lipinski definition) is 16. The van der Waals surface area contributed by atoms with Crippen molar-refractivity contribution in [1.82, 2.24) is 5.32 Å². The first-order chi connectivity index (χ1) is 36.3. The van der Waals surface area contributed by atoms with Crippen molar-refractivity contribution < 1.29 is 79.9 Å². The summed E-state index contributed by atoms with van der Waals surface area (Å²) in [6.07, 6.45) is 20.4. The van der Waals surface area contributed by atoms with Gasteiger partial charge in [0.05, 0.1) is 44.2 Å². The first-order valence-electron chi connectivity index (χ1n) is 30.2. The van der Waals surface area contributed by atoms with Gasteiger partial charge >= 0.3 is 0 Å². The van der Waals surface area contributed by atoms with E-state index in [9.17, 15) is 61.0 Å². The SMILES string of the molecule is CCCCCCCCCCCCCCCCCCC=CCCC(O)C(O)CC(O)C(COC1OC(CO)C(OC2OC(CO)C(O)C(O)C2O)C(O)C1O)NC(=O)C(O)CCCCCCCCCCCCCCCC. The molecule has 17 nitrogen and oxygen atoms in total. The van der Waals surface area contributed by atoms with E-state index in [0.717, 1.165) is 38.5 Å². The summed E-state index contributed by atoms with van der Waals surface area (Å²) < 4.78 is 22.5. The van der Waals surface area contributed by atoms with E-state index in [4.69, 9.17) is 18.9 Å². The number of allylic oxidation sites excluding steroid dienone is 2. The first-order valence-corrected chi connectivity index (χ1v) is 30.2. The molecular weight excluding hydrogens is 967 g/mol. The third-order valence-electron chi connectivity index (χ3n) is 15.3. The number of unbranched alkanes of at least 4 members (excludes halogenated alkanes) is 29. The summed E-state index contributed by atoms with van der Waals surface area (Å²) in [5.41, 5.74) is 0. The molecule has 2 fully saturated rings. The van der Waals surface area contributed by atoms with Crippen LogP contribution in [-0.4, -0.2) is 174 Å². The van der Waals surface area contributed by atoms with Crippen LogP contribution in [0.4, 0.5) is 0 Å². The first kappa shape index (κ1) is 69.7. The molecule has 2 rings (SSSR count). The van der Waals surface area contributed by atoms with Gasteiger partial charge in [-0.3, -0.25) is 4.79 Å². The fourth-order valence-electron chi connectivity index (χ4n) is 10.2. The van der Waals surface area contributed by atoms with Gasteiger partial charge in [0.1, 0.15) is 54.9 Å². The van der Waals surface area contributed by atoms with Gasteiger partial charge in [-0.25, -0.2) is 0 Å². The van der Waals surface area contributed by atoms with Crippen LogP contribution in [0.1, 0.15) is 239 Å². The molecule has 2 heterocycles. The van der Waals surface area contributed by atoms with Gasteiger partial charge in [-0.15, -0.1) is 0 Å². The van der Waals surface area contributed by atoms with E-state index in [1.54, 1.807) is 0 Å². The maximum Gasteiger partial charge on any atom is 0.249 e. The van der Waals surface area contributed by atoms with Crippen LogP contribution in [0, 0.1) is 0 Å². The average molecular weight is 1080 g/mol. The van der Waals surface area contributed by atoms with Crippen LogP contribution in [0.15, 0.2) is 12.2 Å². The highest BCUT2D eigenvalue weighted by Gasteiger charge is 2.51. The number of rotatable bonds is 48. The van der Waals surface area contributed by atoms with Gasteiger partial charge in [-0.2, -0.15) is 0 Å². The van der Waals surface area contributed by atoms with Gasteiger partial charge in [0.2, 0.25) is 5.91 Å². The van der Waals surface area contributed by atoms with Crippen molar-refractivity contribution in [2.24, 2.45) is 0 Å². The van der Waals surface area contributed by atoms with Crippen LogP contribution in [0.3, 0.4) is 0 Å². The number of amides is 1. The van der Waals surface area contributed by atoms with Crippen molar-refractivity contribution in [3.63, 3.8) is 0 Å². The Bertz CT molecular complexity index is 1360. The summed E-state index contributed by atoms with van der Waals surface area (Å²) in [6.45, 7) is 2.36. The second kappa shape index (κ2) is 44.4. The number of aliphatic hydroxyl groups excluding tert-OH is 11. The van der Waals surface area contributed by atoms with Gasteiger partial charge in [-0.05, 0) is 32.1 Å². The van der Waals surface area contributed by atoms with Crippen LogP contribution < -0.4 is 5.32 Å². The molecule has 0 radical (unpaired) electrons. The Balaban J connectivity index is 1.86. The zero-order valence-electron chi connectivity index (χ0n) is 46.6. The minimum absolute atomic E-state index is 0.173. The smallest absolute Gasteiger partial charge is 0.249 e. The summed E-state index contributed by atoms with van der Waals surface area (Å²) in [7, 11) is 0. The quantitative estimate of drug-likeness (QED) is 0.0220. The van der Waals surface area contributed by atoms with Crippen LogP contribution in [-0.2, 0) is 23.7 Å². The van der Waals surface area contributed by atoms with E-state index < -0.39 is 124 Å². The molecule has 0 aromatic heterocycles. The normalized spacial score (nSPS) is 26.4. The van der Waals surface area contributed by atoms with Crippen molar-refractivity contribution >= 4 is 5.91 Å². The van der Waals surface area contributed by atoms with Crippen molar-refractivity contribution in [3.8, 4) is 0 Å². The molecule has 75 heavy (non-hydrogen) atoms. The molecule has 0 spiro atoms. The molecule has 0 aromatic carbocycles. The number of nitrogens with one attached hydrogen (secondary N) is 1. The average Bonchev–Trinajstić information content (AvgIpc) is 3.40. The van der Waals surface area contributed by atoms with E-state index in [2.05, 4.69) is 25.2 Å². The number of carbonyl (C=O) groups excluding carboxylic acids is 1. The zero-order chi connectivity index (χ0) is 55.1. The van der Waals surface area contributed by atoms with Crippen molar-refractivity contribution in [1.29, 1.82) is 0 Å². The summed E-state index contributed by atoms with van der Waals surface area (Å²) in [5.74, 6) is -0.798. The molecule has 2 aliphatic rings. The predicted octanol–water partition coefficient (Wildman–Crippen LogP) is 6.81. The number of aliphatic hydroxyl groups is 11. The highest BCUT2D eigenvalue weighted by atomic mass is 16.7. The molecule has 1 amide bonds. The Morgan fingerprint density at radius 3 is 1.39 bits per heavy atom. The summed E-state index contributed by atoms with van der Waals surface area (Å²) in [5, 5.41) is 120. The monoisotopic (exact) mass is 1080 g/mol. The third kappa shape index (κ3) is 30.1. The lowest BCUT2D eigenvalue weighted by Gasteiger charge is -2.46. The minimum atomic E-state index is -1.88. The van der Waals surface area contributed by atoms with Crippen molar-refractivity contribution in [3.05, 3.63) is 12.2 Å². The topological polar surface area (TPSA) is 289 Å². The minimum Gasteiger partial charge on any atom is -0.394 e. The predicted molar refractivity (Wildman–Crippen MR) is 290 cm³/mol. The Morgan fingerprint density at radius 2 is 0.907 bits per heavy atom. The summed E-state index contributed by atoms with van der Waals surface area (Å²) in [6, 6.07) is -1.31. The second-order valence-corrected chi connectivity index (χ2v) is 21.9. The number of carbonyl (C=O) groups is 1. The highest BCUT2D eigenvalue weighted by molar-refractivity contribution is 5.80. The van der Waals surface area contributed by atoms with Gasteiger partial charge in [0.15, 0.2) is 12.6 Å². The van der Waals surface area contributed by atoms with E-state index in [1.165, 1.54) is 154 Å². The second-order valence-electron chi connectivity index (χ2n) is 21.9. The fraction of sp³-hybridized carbons (Fsp3) is 0.948. The standard InChI is InChI=1S/C58H111NO16/c1-3-5-7-9-11-13-15-17-19-20-21-22-23-24-26-27-29-31-33-35-37-44(62)47(65)39-46(64)43(59-56(71)45(63)38-36-34-32-30-28-25-18-16-14-12-10-8-6-4-2)42-72-57-54(70)52(68)55(49(41-61)74-57)75-58-53(69)51(67)50(66)48(40-60)73-58/h31,33,43-55,57-58,60-70H,3-30,32,34-42H2,1-2H3,(H,59,71). The van der Waals surface area contributed by atoms with Crippen LogP contribution in [0.25, 0.3) is 0 Å². The van der Waals surface area contributed by atoms with Crippen molar-refractivity contribution in [2.45, 2.75) is 330 Å². The summed E-state index contributed by atoms with van der Waals surface area (Å²) >= 11 is 0. The Kier molecular flexibility index (Phi) is 41.2. The largest absolute Gasteiger partial charge is 0.394 e. The third-order valence-corrected chi connectivity index (χ3v) is 15.3.